The molecule has 4 heteroatoms. The quantitative estimate of drug-likeness (QED) is 0.650. The molecular weight excluding hydrogens is 246 g/mol. The summed E-state index contributed by atoms with van der Waals surface area (Å²) in [5.41, 5.74) is 3.19. The van der Waals surface area contributed by atoms with Crippen molar-refractivity contribution in [1.82, 2.24) is 5.43 Å². The zero-order valence-electron chi connectivity index (χ0n) is 11.5. The van der Waals surface area contributed by atoms with Gasteiger partial charge in [-0.15, -0.1) is 0 Å². The van der Waals surface area contributed by atoms with Crippen LogP contribution in [0.4, 0.5) is 8.78 Å². The molecule has 0 amide bonds. The van der Waals surface area contributed by atoms with Gasteiger partial charge in [0.2, 0.25) is 0 Å². The van der Waals surface area contributed by atoms with Gasteiger partial charge in [0.05, 0.1) is 6.04 Å². The van der Waals surface area contributed by atoms with E-state index < -0.39 is 11.6 Å². The summed E-state index contributed by atoms with van der Waals surface area (Å²) in [4.78, 5) is 0. The van der Waals surface area contributed by atoms with E-state index in [2.05, 4.69) is 19.3 Å². The molecule has 0 aromatic heterocycles. The van der Waals surface area contributed by atoms with Crippen LogP contribution in [-0.2, 0) is 0 Å². The number of nitrogens with two attached hydrogens (primary N) is 1. The second kappa shape index (κ2) is 5.97. The van der Waals surface area contributed by atoms with Crippen molar-refractivity contribution >= 4 is 0 Å². The van der Waals surface area contributed by atoms with Crippen molar-refractivity contribution in [2.75, 3.05) is 0 Å². The third-order valence-corrected chi connectivity index (χ3v) is 4.16. The molecule has 0 saturated heterocycles. The predicted molar refractivity (Wildman–Crippen MR) is 72.1 cm³/mol. The Bertz CT molecular complexity index is 426. The molecule has 1 saturated carbocycles. The molecule has 0 aliphatic heterocycles. The minimum Gasteiger partial charge on any atom is -0.271 e. The first-order valence-corrected chi connectivity index (χ1v) is 6.92. The highest BCUT2D eigenvalue weighted by Crippen LogP contribution is 2.40. The van der Waals surface area contributed by atoms with Gasteiger partial charge in [0.25, 0.3) is 0 Å². The number of rotatable bonds is 3. The number of hydrogen-bond acceptors (Lipinski definition) is 2. The molecule has 0 heterocycles. The Hall–Kier alpha value is -1.00. The van der Waals surface area contributed by atoms with Gasteiger partial charge in [-0.2, -0.15) is 0 Å². The van der Waals surface area contributed by atoms with Gasteiger partial charge in [-0.3, -0.25) is 11.3 Å². The van der Waals surface area contributed by atoms with E-state index in [1.54, 1.807) is 0 Å². The number of nitrogens with one attached hydrogen (secondary N) is 1. The van der Waals surface area contributed by atoms with Gasteiger partial charge in [0.15, 0.2) is 0 Å². The van der Waals surface area contributed by atoms with Crippen molar-refractivity contribution in [3.63, 3.8) is 0 Å². The first kappa shape index (κ1) is 14.4. The van der Waals surface area contributed by atoms with Crippen LogP contribution in [-0.4, -0.2) is 0 Å². The zero-order valence-corrected chi connectivity index (χ0v) is 11.5. The Balaban J connectivity index is 2.23. The average molecular weight is 268 g/mol. The summed E-state index contributed by atoms with van der Waals surface area (Å²) >= 11 is 0. The number of benzene rings is 1. The van der Waals surface area contributed by atoms with E-state index in [0.717, 1.165) is 18.9 Å². The lowest BCUT2D eigenvalue weighted by molar-refractivity contribution is 0.175. The SMILES string of the molecule is CC1CC(C)CC(C(NN)c2ccc(F)cc2F)C1. The van der Waals surface area contributed by atoms with Crippen LogP contribution in [0.1, 0.15) is 44.7 Å². The summed E-state index contributed by atoms with van der Waals surface area (Å²) < 4.78 is 26.9. The average Bonchev–Trinajstić information content (AvgIpc) is 2.31. The molecule has 0 spiro atoms. The Labute approximate surface area is 113 Å². The molecule has 3 unspecified atom stereocenters. The maximum atomic E-state index is 13.9. The molecule has 1 aliphatic rings. The van der Waals surface area contributed by atoms with Crippen LogP contribution in [0, 0.1) is 29.4 Å². The molecular formula is C15H22F2N2. The van der Waals surface area contributed by atoms with Gasteiger partial charge in [-0.1, -0.05) is 19.9 Å². The maximum Gasteiger partial charge on any atom is 0.130 e. The van der Waals surface area contributed by atoms with Gasteiger partial charge < -0.3 is 0 Å². The summed E-state index contributed by atoms with van der Waals surface area (Å²) in [6.45, 7) is 4.44. The van der Waals surface area contributed by atoms with Crippen molar-refractivity contribution in [2.24, 2.45) is 23.6 Å². The molecule has 1 fully saturated rings. The van der Waals surface area contributed by atoms with Gasteiger partial charge in [-0.05, 0) is 43.1 Å². The largest absolute Gasteiger partial charge is 0.271 e. The van der Waals surface area contributed by atoms with Crippen molar-refractivity contribution in [1.29, 1.82) is 0 Å². The van der Waals surface area contributed by atoms with Gasteiger partial charge >= 0.3 is 0 Å². The van der Waals surface area contributed by atoms with E-state index in [1.165, 1.54) is 18.6 Å². The summed E-state index contributed by atoms with van der Waals surface area (Å²) in [7, 11) is 0. The fraction of sp³-hybridized carbons (Fsp3) is 0.600. The van der Waals surface area contributed by atoms with Crippen LogP contribution in [0.5, 0.6) is 0 Å². The summed E-state index contributed by atoms with van der Waals surface area (Å²) in [5.74, 6) is 6.08. The highest BCUT2D eigenvalue weighted by atomic mass is 19.1. The second-order valence-electron chi connectivity index (χ2n) is 5.99. The molecule has 2 nitrogen and oxygen atoms in total. The lowest BCUT2D eigenvalue weighted by atomic mass is 9.72. The highest BCUT2D eigenvalue weighted by molar-refractivity contribution is 5.23. The Kier molecular flexibility index (Phi) is 4.53. The molecule has 0 bridgehead atoms. The van der Waals surface area contributed by atoms with Crippen LogP contribution in [0.15, 0.2) is 18.2 Å². The predicted octanol–water partition coefficient (Wildman–Crippen LogP) is 3.54. The zero-order chi connectivity index (χ0) is 14.0. The Morgan fingerprint density at radius 3 is 2.32 bits per heavy atom. The van der Waals surface area contributed by atoms with Crippen molar-refractivity contribution in [3.05, 3.63) is 35.4 Å². The van der Waals surface area contributed by atoms with Gasteiger partial charge in [0, 0.05) is 11.6 Å². The van der Waals surface area contributed by atoms with Crippen LogP contribution in [0.25, 0.3) is 0 Å². The fourth-order valence-electron chi connectivity index (χ4n) is 3.51. The second-order valence-corrected chi connectivity index (χ2v) is 5.99. The standard InChI is InChI=1S/C15H22F2N2/c1-9-5-10(2)7-11(6-9)15(19-18)13-4-3-12(16)8-14(13)17/h3-4,8-11,15,19H,5-7,18H2,1-2H3. The topological polar surface area (TPSA) is 38.0 Å². The van der Waals surface area contributed by atoms with E-state index >= 15 is 0 Å². The smallest absolute Gasteiger partial charge is 0.130 e. The van der Waals surface area contributed by atoms with Crippen LogP contribution in [0.2, 0.25) is 0 Å². The van der Waals surface area contributed by atoms with Gasteiger partial charge in [-0.25, -0.2) is 8.78 Å². The maximum absolute atomic E-state index is 13.9. The van der Waals surface area contributed by atoms with E-state index in [4.69, 9.17) is 5.84 Å². The highest BCUT2D eigenvalue weighted by Gasteiger charge is 2.31. The minimum atomic E-state index is -0.553. The van der Waals surface area contributed by atoms with Gasteiger partial charge in [0.1, 0.15) is 11.6 Å². The normalized spacial score (nSPS) is 29.2. The minimum absolute atomic E-state index is 0.245. The molecule has 1 aromatic rings. The summed E-state index contributed by atoms with van der Waals surface area (Å²) in [6.07, 6.45) is 3.26. The Morgan fingerprint density at radius 2 is 1.79 bits per heavy atom. The van der Waals surface area contributed by atoms with Crippen LogP contribution in [0.3, 0.4) is 0 Å². The van der Waals surface area contributed by atoms with Crippen molar-refractivity contribution in [3.8, 4) is 0 Å². The van der Waals surface area contributed by atoms with Crippen molar-refractivity contribution in [2.45, 2.75) is 39.2 Å². The monoisotopic (exact) mass is 268 g/mol. The molecule has 3 N–H and O–H groups in total. The molecule has 106 valence electrons. The number of hydrogen-bond donors (Lipinski definition) is 2. The molecule has 1 aliphatic carbocycles. The lowest BCUT2D eigenvalue weighted by Gasteiger charge is -2.36. The number of halogens is 2. The molecule has 3 atom stereocenters. The lowest BCUT2D eigenvalue weighted by Crippen LogP contribution is -2.37. The van der Waals surface area contributed by atoms with E-state index in [9.17, 15) is 8.78 Å². The fourth-order valence-corrected chi connectivity index (χ4v) is 3.51. The summed E-state index contributed by atoms with van der Waals surface area (Å²) in [6, 6.07) is 3.47. The van der Waals surface area contributed by atoms with E-state index in [1.807, 2.05) is 0 Å². The first-order chi connectivity index (χ1) is 9.01. The third kappa shape index (κ3) is 3.31. The van der Waals surface area contributed by atoms with Crippen LogP contribution < -0.4 is 11.3 Å². The van der Waals surface area contributed by atoms with E-state index in [0.29, 0.717) is 23.3 Å². The molecule has 19 heavy (non-hydrogen) atoms. The van der Waals surface area contributed by atoms with E-state index in [-0.39, 0.29) is 6.04 Å². The molecule has 0 radical (unpaired) electrons. The van der Waals surface area contributed by atoms with Crippen LogP contribution >= 0.6 is 0 Å². The first-order valence-electron chi connectivity index (χ1n) is 6.92. The molecule has 1 aromatic carbocycles. The Morgan fingerprint density at radius 1 is 1.16 bits per heavy atom. The van der Waals surface area contributed by atoms with Crippen molar-refractivity contribution < 1.29 is 8.78 Å². The number of hydrazine groups is 1. The molecule has 2 rings (SSSR count). The summed E-state index contributed by atoms with van der Waals surface area (Å²) in [5, 5.41) is 0. The third-order valence-electron chi connectivity index (χ3n) is 4.16.